The fraction of sp³-hybridized carbons (Fsp3) is 0. The molecule has 1 nitrogen and oxygen atoms in total. The third kappa shape index (κ3) is 3.92. The van der Waals surface area contributed by atoms with Crippen molar-refractivity contribution in [3.8, 4) is 11.1 Å². The van der Waals surface area contributed by atoms with Gasteiger partial charge >= 0.3 is 0 Å². The molecule has 0 spiro atoms. The average molecular weight is 578 g/mol. The van der Waals surface area contributed by atoms with Crippen molar-refractivity contribution in [3.05, 3.63) is 164 Å². The van der Waals surface area contributed by atoms with Gasteiger partial charge in [0.25, 0.3) is 0 Å². The summed E-state index contributed by atoms with van der Waals surface area (Å²) < 4.78 is 2.61. The van der Waals surface area contributed by atoms with E-state index in [4.69, 9.17) is 0 Å². The van der Waals surface area contributed by atoms with Crippen LogP contribution in [-0.4, -0.2) is 0 Å². The van der Waals surface area contributed by atoms with Crippen molar-refractivity contribution < 1.29 is 0 Å². The zero-order valence-corrected chi connectivity index (χ0v) is 24.8. The van der Waals surface area contributed by atoms with Gasteiger partial charge in [0.15, 0.2) is 0 Å². The van der Waals surface area contributed by atoms with Crippen LogP contribution in [0.2, 0.25) is 0 Å². The van der Waals surface area contributed by atoms with E-state index in [-0.39, 0.29) is 0 Å². The lowest BCUT2D eigenvalue weighted by Crippen LogP contribution is -2.12. The van der Waals surface area contributed by atoms with E-state index in [1.807, 2.05) is 11.3 Å². The molecule has 0 aliphatic rings. The lowest BCUT2D eigenvalue weighted by atomic mass is 9.96. The molecule has 0 radical (unpaired) electrons. The average Bonchev–Trinajstić information content (AvgIpc) is 3.47. The first kappa shape index (κ1) is 25.1. The molecule has 2 heteroatoms. The first-order valence-corrected chi connectivity index (χ1v) is 15.8. The molecule has 9 rings (SSSR count). The van der Waals surface area contributed by atoms with E-state index < -0.39 is 0 Å². The summed E-state index contributed by atoms with van der Waals surface area (Å²) in [5.74, 6) is 0. The highest BCUT2D eigenvalue weighted by Gasteiger charge is 2.24. The number of hydrogen-bond acceptors (Lipinski definition) is 2. The van der Waals surface area contributed by atoms with Gasteiger partial charge in [-0.25, -0.2) is 0 Å². The van der Waals surface area contributed by atoms with Crippen LogP contribution < -0.4 is 4.90 Å². The molecule has 0 unspecified atom stereocenters. The molecule has 0 amide bonds. The van der Waals surface area contributed by atoms with E-state index in [1.165, 1.54) is 75.0 Å². The van der Waals surface area contributed by atoms with Gasteiger partial charge in [0, 0.05) is 36.6 Å². The van der Waals surface area contributed by atoms with Gasteiger partial charge < -0.3 is 4.90 Å². The van der Waals surface area contributed by atoms with E-state index in [1.54, 1.807) is 0 Å². The van der Waals surface area contributed by atoms with E-state index in [9.17, 15) is 0 Å². The number of fused-ring (bicyclic) bond motifs is 7. The number of benzene rings is 8. The van der Waals surface area contributed by atoms with Gasteiger partial charge in [-0.2, -0.15) is 0 Å². The van der Waals surface area contributed by atoms with Crippen LogP contribution in [0.15, 0.2) is 164 Å². The van der Waals surface area contributed by atoms with Crippen molar-refractivity contribution in [2.45, 2.75) is 0 Å². The highest BCUT2D eigenvalue weighted by atomic mass is 32.1. The molecule has 0 aliphatic carbocycles. The Morgan fingerprint density at radius 2 is 1.00 bits per heavy atom. The summed E-state index contributed by atoms with van der Waals surface area (Å²) in [5.41, 5.74) is 5.95. The maximum Gasteiger partial charge on any atom is 0.0633 e. The van der Waals surface area contributed by atoms with Crippen molar-refractivity contribution >= 4 is 80.9 Å². The fourth-order valence-corrected chi connectivity index (χ4v) is 7.98. The molecule has 9 aromatic rings. The van der Waals surface area contributed by atoms with Gasteiger partial charge in [0.1, 0.15) is 0 Å². The second kappa shape index (κ2) is 10.1. The van der Waals surface area contributed by atoms with Gasteiger partial charge in [-0.05, 0) is 63.0 Å². The van der Waals surface area contributed by atoms with Crippen LogP contribution in [0.3, 0.4) is 0 Å². The second-order valence-corrected chi connectivity index (χ2v) is 12.4. The molecular formula is C42H27NS. The Kier molecular flexibility index (Phi) is 5.75. The van der Waals surface area contributed by atoms with E-state index >= 15 is 0 Å². The zero-order chi connectivity index (χ0) is 29.0. The highest BCUT2D eigenvalue weighted by Crippen LogP contribution is 2.51. The lowest BCUT2D eigenvalue weighted by Gasteiger charge is -2.30. The zero-order valence-electron chi connectivity index (χ0n) is 23.9. The second-order valence-electron chi connectivity index (χ2n) is 11.3. The SMILES string of the molecule is c1ccc(-c2cccc(N(c3cc4ccccc4c4ccccc34)c3c4ccccc4cc4sc5ccccc5c34)c2)cc1. The number of rotatable bonds is 4. The van der Waals surface area contributed by atoms with Gasteiger partial charge in [-0.1, -0.05) is 133 Å². The predicted molar refractivity (Wildman–Crippen MR) is 192 cm³/mol. The minimum Gasteiger partial charge on any atom is -0.309 e. The Labute approximate surface area is 259 Å². The van der Waals surface area contributed by atoms with Gasteiger partial charge in [-0.3, -0.25) is 0 Å². The van der Waals surface area contributed by atoms with E-state index in [0.717, 1.165) is 5.69 Å². The quantitative estimate of drug-likeness (QED) is 0.188. The molecule has 8 aromatic carbocycles. The van der Waals surface area contributed by atoms with Crippen molar-refractivity contribution in [2.75, 3.05) is 4.90 Å². The monoisotopic (exact) mass is 577 g/mol. The third-order valence-corrected chi connectivity index (χ3v) is 9.90. The van der Waals surface area contributed by atoms with Crippen LogP contribution >= 0.6 is 11.3 Å². The number of hydrogen-bond donors (Lipinski definition) is 0. The van der Waals surface area contributed by atoms with Crippen LogP contribution in [0, 0.1) is 0 Å². The van der Waals surface area contributed by atoms with E-state index in [0.29, 0.717) is 0 Å². The summed E-state index contributed by atoms with van der Waals surface area (Å²) >= 11 is 1.88. The number of thiophene rings is 1. The standard InChI is InChI=1S/C42H27NS/c1-2-13-28(14-3-1)29-17-12-18-32(25-29)43(38-26-30-15-4-6-19-33(30)35-21-8-9-22-36(35)38)42-34-20-7-5-16-31(34)27-40-41(42)37-23-10-11-24-39(37)44-40/h1-27H. The Balaban J connectivity index is 1.47. The van der Waals surface area contributed by atoms with E-state index in [2.05, 4.69) is 169 Å². The van der Waals surface area contributed by atoms with Crippen molar-refractivity contribution in [1.82, 2.24) is 0 Å². The Morgan fingerprint density at radius 1 is 0.386 bits per heavy atom. The Bertz CT molecular complexity index is 2510. The van der Waals surface area contributed by atoms with Crippen LogP contribution in [0.1, 0.15) is 0 Å². The third-order valence-electron chi connectivity index (χ3n) is 8.78. The van der Waals surface area contributed by atoms with Gasteiger partial charge in [0.2, 0.25) is 0 Å². The normalized spacial score (nSPS) is 11.6. The summed E-state index contributed by atoms with van der Waals surface area (Å²) in [4.78, 5) is 2.53. The Hall–Kier alpha value is -5.44. The summed E-state index contributed by atoms with van der Waals surface area (Å²) in [6.45, 7) is 0. The lowest BCUT2D eigenvalue weighted by molar-refractivity contribution is 1.33. The van der Waals surface area contributed by atoms with Crippen LogP contribution in [0.5, 0.6) is 0 Å². The minimum atomic E-state index is 1.14. The highest BCUT2D eigenvalue weighted by molar-refractivity contribution is 7.26. The van der Waals surface area contributed by atoms with Crippen molar-refractivity contribution in [2.24, 2.45) is 0 Å². The summed E-state index contributed by atoms with van der Waals surface area (Å²) in [6, 6.07) is 59.8. The maximum atomic E-state index is 2.53. The largest absolute Gasteiger partial charge is 0.309 e. The summed E-state index contributed by atoms with van der Waals surface area (Å²) in [6.07, 6.45) is 0. The van der Waals surface area contributed by atoms with Crippen molar-refractivity contribution in [1.29, 1.82) is 0 Å². The van der Waals surface area contributed by atoms with Crippen molar-refractivity contribution in [3.63, 3.8) is 0 Å². The number of anilines is 3. The molecule has 0 fully saturated rings. The topological polar surface area (TPSA) is 3.24 Å². The molecule has 206 valence electrons. The molecule has 0 saturated heterocycles. The number of nitrogens with zero attached hydrogens (tertiary/aromatic N) is 1. The Morgan fingerprint density at radius 3 is 1.82 bits per heavy atom. The molecule has 0 atom stereocenters. The molecule has 0 bridgehead atoms. The summed E-state index contributed by atoms with van der Waals surface area (Å²) in [7, 11) is 0. The van der Waals surface area contributed by atoms with Gasteiger partial charge in [-0.15, -0.1) is 11.3 Å². The molecule has 0 saturated carbocycles. The molecular weight excluding hydrogens is 551 g/mol. The fourth-order valence-electron chi connectivity index (χ4n) is 6.82. The molecule has 1 aromatic heterocycles. The van der Waals surface area contributed by atoms with Crippen LogP contribution in [0.4, 0.5) is 17.1 Å². The molecule has 0 aliphatic heterocycles. The predicted octanol–water partition coefficient (Wildman–Crippen LogP) is 12.7. The van der Waals surface area contributed by atoms with Crippen LogP contribution in [-0.2, 0) is 0 Å². The maximum absolute atomic E-state index is 2.53. The minimum absolute atomic E-state index is 1.14. The molecule has 0 N–H and O–H groups in total. The van der Waals surface area contributed by atoms with Crippen LogP contribution in [0.25, 0.3) is 63.6 Å². The molecule has 1 heterocycles. The summed E-state index contributed by atoms with van der Waals surface area (Å²) in [5, 5.41) is 10.1. The van der Waals surface area contributed by atoms with Gasteiger partial charge in [0.05, 0.1) is 11.4 Å². The smallest absolute Gasteiger partial charge is 0.0633 e. The first-order chi connectivity index (χ1) is 21.8. The molecule has 44 heavy (non-hydrogen) atoms. The first-order valence-electron chi connectivity index (χ1n) is 15.0.